The molecule has 117 heavy (non-hydrogen) atoms. The van der Waals surface area contributed by atoms with Crippen LogP contribution in [0.4, 0.5) is 34.1 Å². The van der Waals surface area contributed by atoms with E-state index in [1.165, 1.54) is 59.6 Å². The average molecular weight is 1490 g/mol. The van der Waals surface area contributed by atoms with E-state index in [4.69, 9.17) is 8.83 Å². The van der Waals surface area contributed by atoms with Gasteiger partial charge < -0.3 is 41.3 Å². The van der Waals surface area contributed by atoms with Gasteiger partial charge in [0.05, 0.1) is 72.1 Å². The molecule has 0 spiro atoms. The normalized spacial score (nSPS) is 12.3. The predicted molar refractivity (Wildman–Crippen MR) is 488 cm³/mol. The summed E-state index contributed by atoms with van der Waals surface area (Å²) >= 11 is 0. The molecule has 0 fully saturated rings. The van der Waals surface area contributed by atoms with E-state index in [2.05, 4.69) is 427 Å². The minimum atomic E-state index is 0.797. The van der Waals surface area contributed by atoms with E-state index in [0.717, 1.165) is 178 Å². The first-order valence-corrected chi connectivity index (χ1v) is 40.0. The van der Waals surface area contributed by atoms with Gasteiger partial charge in [0.25, 0.3) is 0 Å². The molecule has 0 radical (unpaired) electrons. The Kier molecular flexibility index (Phi) is 13.3. The molecule has 8 heterocycles. The first kappa shape index (κ1) is 63.8. The summed E-state index contributed by atoms with van der Waals surface area (Å²) < 4.78 is 26.2. The number of hydrogen-bond donors (Lipinski definition) is 0. The zero-order valence-corrected chi connectivity index (χ0v) is 63.0. The number of nitrogens with zero attached hydrogens (tertiary/aromatic N) is 7. The third-order valence-electron chi connectivity index (χ3n) is 24.9. The van der Waals surface area contributed by atoms with E-state index < -0.39 is 0 Å². The van der Waals surface area contributed by atoms with Crippen molar-refractivity contribution in [2.24, 2.45) is 0 Å². The molecule has 0 saturated carbocycles. The first-order valence-electron chi connectivity index (χ1n) is 40.0. The van der Waals surface area contributed by atoms with Gasteiger partial charge in [-0.25, -0.2) is 0 Å². The van der Waals surface area contributed by atoms with Crippen LogP contribution >= 0.6 is 0 Å². The van der Waals surface area contributed by atoms with Gasteiger partial charge in [-0.3, -0.25) is 0 Å². The van der Waals surface area contributed by atoms with Crippen LogP contribution in [0.3, 0.4) is 0 Å². The second-order valence-electron chi connectivity index (χ2n) is 31.1. The fourth-order valence-electron chi connectivity index (χ4n) is 20.0. The molecule has 0 aliphatic rings. The molecule has 9 heteroatoms. The summed E-state index contributed by atoms with van der Waals surface area (Å²) in [4.78, 5) is 5.07. The summed E-state index contributed by atoms with van der Waals surface area (Å²) in [6.45, 7) is 0. The lowest BCUT2D eigenvalue weighted by atomic mass is 9.97. The molecule has 0 N–H and O–H groups in total. The molecule has 0 unspecified atom stereocenters. The minimum Gasteiger partial charge on any atom is -0.456 e. The standard InChI is InChI=1S/C108H65N7O2/c1-3-25-68(26-4-1)111-96-43-21-13-35-82(96)106-98(45-23-47-100(106)111)109(70-49-53-102-84(62-70)86-64-72(51-55-104(86)116-102)113-90-37-15-7-29-76(90)77-30-8-16-38-91(77)113)74-57-66(67-59-88-80-33-11-19-41-94(80)115-95-42-20-12-34-81(95)89(60-67)108(88)115)58-75(61-74)110(99-46-24-48-101-107(99)83-36-14-22-44-97(83)112(101)69-27-5-2-6-28-69)71-50-54-103-85(63-71)87-65-73(52-56-105(87)117-103)114-92-39-17-9-31-78(92)79-32-10-18-40-93(79)114/h1-65H. The van der Waals surface area contributed by atoms with Crippen molar-refractivity contribution in [2.45, 2.75) is 0 Å². The van der Waals surface area contributed by atoms with Crippen LogP contribution in [0.2, 0.25) is 0 Å². The van der Waals surface area contributed by atoms with Gasteiger partial charge in [-0.2, -0.15) is 0 Å². The molecule has 0 aliphatic heterocycles. The molecule has 18 aromatic carbocycles. The molecule has 8 aromatic heterocycles. The highest BCUT2D eigenvalue weighted by Crippen LogP contribution is 2.53. The molecule has 0 atom stereocenters. The van der Waals surface area contributed by atoms with Gasteiger partial charge in [0.1, 0.15) is 22.3 Å². The van der Waals surface area contributed by atoms with Crippen LogP contribution in [0.25, 0.3) is 203 Å². The molecule has 26 aromatic rings. The molecule has 0 bridgehead atoms. The second-order valence-corrected chi connectivity index (χ2v) is 31.1. The Bertz CT molecular complexity index is 8080. The van der Waals surface area contributed by atoms with Gasteiger partial charge in [-0.1, -0.05) is 194 Å². The highest BCUT2D eigenvalue weighted by Gasteiger charge is 2.30. The van der Waals surface area contributed by atoms with Crippen LogP contribution in [0.5, 0.6) is 0 Å². The molecule has 0 saturated heterocycles. The maximum Gasteiger partial charge on any atom is 0.135 e. The van der Waals surface area contributed by atoms with E-state index >= 15 is 0 Å². The lowest BCUT2D eigenvalue weighted by Gasteiger charge is -2.31. The summed E-state index contributed by atoms with van der Waals surface area (Å²) in [5.74, 6) is 0. The van der Waals surface area contributed by atoms with Crippen molar-refractivity contribution in [3.8, 4) is 33.9 Å². The van der Waals surface area contributed by atoms with Crippen molar-refractivity contribution in [3.63, 3.8) is 0 Å². The number of rotatable bonds is 11. The highest BCUT2D eigenvalue weighted by molar-refractivity contribution is 6.26. The minimum absolute atomic E-state index is 0.797. The zero-order valence-electron chi connectivity index (χ0n) is 63.0. The van der Waals surface area contributed by atoms with Crippen LogP contribution in [0, 0.1) is 0 Å². The molecular weight excluding hydrogens is 1430 g/mol. The van der Waals surface area contributed by atoms with Crippen molar-refractivity contribution in [1.29, 1.82) is 0 Å². The Morgan fingerprint density at radius 3 is 0.872 bits per heavy atom. The molecular formula is C108H65N7O2. The van der Waals surface area contributed by atoms with Crippen molar-refractivity contribution in [1.82, 2.24) is 22.7 Å². The van der Waals surface area contributed by atoms with Gasteiger partial charge >= 0.3 is 0 Å². The zero-order chi connectivity index (χ0) is 76.2. The quantitative estimate of drug-likeness (QED) is 0.129. The van der Waals surface area contributed by atoms with Gasteiger partial charge in [-0.05, 0) is 211 Å². The first-order chi connectivity index (χ1) is 58.0. The number of hydrogen-bond acceptors (Lipinski definition) is 4. The summed E-state index contributed by atoms with van der Waals surface area (Å²) in [7, 11) is 0. The fourth-order valence-corrected chi connectivity index (χ4v) is 20.0. The summed E-state index contributed by atoms with van der Waals surface area (Å²) in [5, 5.41) is 18.2. The second kappa shape index (κ2) is 24.3. The molecule has 0 amide bonds. The van der Waals surface area contributed by atoms with Gasteiger partial charge in [0.2, 0.25) is 0 Å². The Balaban J connectivity index is 0.789. The number of aromatic nitrogens is 5. The SMILES string of the molecule is c1ccc(-n2c3ccccc3c3c(N(c4cc(-c5cc6c7ccccc7n7c8ccccc8c(c5)c67)cc(N(c5ccc6oc7ccc(-n8c9ccccc9c9ccccc98)cc7c6c5)c5cccc6c5c5ccccc5n6-c5ccccc5)c4)c4ccc5oc6ccc(-n7c8ccccc8c8ccccc87)cc6c5c4)cccc32)cc1. The Morgan fingerprint density at radius 2 is 0.479 bits per heavy atom. The molecule has 0 aliphatic carbocycles. The van der Waals surface area contributed by atoms with Gasteiger partial charge in [0.15, 0.2) is 0 Å². The van der Waals surface area contributed by atoms with E-state index in [9.17, 15) is 0 Å². The number of anilines is 6. The van der Waals surface area contributed by atoms with Crippen LogP contribution in [-0.4, -0.2) is 22.7 Å². The summed E-state index contributed by atoms with van der Waals surface area (Å²) in [6.07, 6.45) is 0. The number of benzene rings is 18. The van der Waals surface area contributed by atoms with Crippen LogP contribution in [-0.2, 0) is 0 Å². The number of furan rings is 2. The Morgan fingerprint density at radius 1 is 0.179 bits per heavy atom. The van der Waals surface area contributed by atoms with Crippen LogP contribution in [0.15, 0.2) is 403 Å². The summed E-state index contributed by atoms with van der Waals surface area (Å²) in [6, 6.07) is 145. The van der Waals surface area contributed by atoms with E-state index in [0.29, 0.717) is 0 Å². The lowest BCUT2D eigenvalue weighted by Crippen LogP contribution is -2.14. The van der Waals surface area contributed by atoms with Crippen molar-refractivity contribution in [3.05, 3.63) is 394 Å². The largest absolute Gasteiger partial charge is 0.456 e. The van der Waals surface area contributed by atoms with Gasteiger partial charge in [0, 0.05) is 132 Å². The predicted octanol–water partition coefficient (Wildman–Crippen LogP) is 29.6. The topological polar surface area (TPSA) is 56.9 Å². The Labute approximate surface area is 668 Å². The third kappa shape index (κ3) is 9.18. The smallest absolute Gasteiger partial charge is 0.135 e. The lowest BCUT2D eigenvalue weighted by molar-refractivity contribution is 0.668. The van der Waals surface area contributed by atoms with E-state index in [1.54, 1.807) is 0 Å². The van der Waals surface area contributed by atoms with Crippen LogP contribution < -0.4 is 9.80 Å². The van der Waals surface area contributed by atoms with Crippen LogP contribution in [0.1, 0.15) is 0 Å². The fraction of sp³-hybridized carbons (Fsp3) is 0. The van der Waals surface area contributed by atoms with Crippen molar-refractivity contribution < 1.29 is 8.83 Å². The molecule has 9 nitrogen and oxygen atoms in total. The highest BCUT2D eigenvalue weighted by atomic mass is 16.3. The summed E-state index contributed by atoms with van der Waals surface area (Å²) in [5.41, 5.74) is 28.0. The van der Waals surface area contributed by atoms with E-state index in [1.807, 2.05) is 0 Å². The maximum atomic E-state index is 7.02. The molecule has 544 valence electrons. The average Bonchev–Trinajstić information content (AvgIpc) is 1.57. The van der Waals surface area contributed by atoms with Gasteiger partial charge in [-0.15, -0.1) is 0 Å². The number of para-hydroxylation sites is 10. The van der Waals surface area contributed by atoms with Crippen molar-refractivity contribution >= 4 is 203 Å². The third-order valence-corrected chi connectivity index (χ3v) is 24.9. The monoisotopic (exact) mass is 1490 g/mol. The Hall–Kier alpha value is -15.8. The van der Waals surface area contributed by atoms with Crippen molar-refractivity contribution in [2.75, 3.05) is 9.80 Å². The van der Waals surface area contributed by atoms with E-state index in [-0.39, 0.29) is 0 Å². The maximum absolute atomic E-state index is 7.02. The molecule has 26 rings (SSSR count). The number of fused-ring (bicyclic) bond motifs is 24.